The lowest BCUT2D eigenvalue weighted by Crippen LogP contribution is -2.28. The molecule has 1 fully saturated rings. The first-order valence-corrected chi connectivity index (χ1v) is 11.7. The molecule has 1 aliphatic heterocycles. The Morgan fingerprint density at radius 3 is 2.74 bits per heavy atom. The number of aliphatic hydroxyl groups is 1. The first-order chi connectivity index (χ1) is 17.1. The van der Waals surface area contributed by atoms with Crippen molar-refractivity contribution in [3.63, 3.8) is 0 Å². The van der Waals surface area contributed by atoms with E-state index in [0.717, 1.165) is 58.5 Å². The van der Waals surface area contributed by atoms with Gasteiger partial charge in [-0.25, -0.2) is 0 Å². The number of nitrogens with zero attached hydrogens (tertiary/aromatic N) is 3. The average Bonchev–Trinajstić information content (AvgIpc) is 3.52. The highest BCUT2D eigenvalue weighted by Crippen LogP contribution is 2.41. The van der Waals surface area contributed by atoms with Crippen LogP contribution in [0.15, 0.2) is 54.9 Å². The van der Waals surface area contributed by atoms with Crippen molar-refractivity contribution in [3.8, 4) is 22.9 Å². The summed E-state index contributed by atoms with van der Waals surface area (Å²) >= 11 is 0. The van der Waals surface area contributed by atoms with Gasteiger partial charge in [0.15, 0.2) is 0 Å². The quantitative estimate of drug-likeness (QED) is 0.403. The number of aromatic amines is 1. The first kappa shape index (κ1) is 23.0. The molecule has 0 bridgehead atoms. The van der Waals surface area contributed by atoms with Crippen molar-refractivity contribution in [3.05, 3.63) is 71.7 Å². The molecule has 0 aliphatic carbocycles. The molecule has 8 nitrogen and oxygen atoms in total. The van der Waals surface area contributed by atoms with Gasteiger partial charge in [-0.15, -0.1) is 0 Å². The van der Waals surface area contributed by atoms with Gasteiger partial charge in [0, 0.05) is 43.2 Å². The van der Waals surface area contributed by atoms with Crippen LogP contribution in [0.4, 0.5) is 0 Å². The largest absolute Gasteiger partial charge is 0.455 e. The van der Waals surface area contributed by atoms with Crippen LogP contribution in [0.1, 0.15) is 42.6 Å². The van der Waals surface area contributed by atoms with E-state index in [2.05, 4.69) is 21.0 Å². The first-order valence-electron chi connectivity index (χ1n) is 11.7. The molecule has 3 aromatic heterocycles. The van der Waals surface area contributed by atoms with Crippen molar-refractivity contribution in [2.75, 3.05) is 13.7 Å². The number of nitrogens with one attached hydrogen (secondary N) is 1. The second kappa shape index (κ2) is 9.85. The number of methoxy groups -OCH3 is 1. The fourth-order valence-electron chi connectivity index (χ4n) is 4.64. The number of carbonyl (C=O) groups excluding carboxylic acids is 1. The van der Waals surface area contributed by atoms with Gasteiger partial charge in [0.05, 0.1) is 42.5 Å². The van der Waals surface area contributed by atoms with Crippen LogP contribution in [0.5, 0.6) is 11.5 Å². The van der Waals surface area contributed by atoms with E-state index in [1.807, 2.05) is 41.3 Å². The van der Waals surface area contributed by atoms with Gasteiger partial charge < -0.3 is 24.5 Å². The zero-order valence-corrected chi connectivity index (χ0v) is 19.8. The van der Waals surface area contributed by atoms with Gasteiger partial charge in [0.25, 0.3) is 0 Å². The summed E-state index contributed by atoms with van der Waals surface area (Å²) in [5, 5.41) is 10.3. The number of hydrogen-bond donors (Lipinski definition) is 2. The number of likely N-dealkylation sites (tertiary alicyclic amines) is 1. The molecule has 0 saturated carbocycles. The van der Waals surface area contributed by atoms with Gasteiger partial charge in [-0.2, -0.15) is 0 Å². The van der Waals surface area contributed by atoms with Crippen molar-refractivity contribution in [1.82, 2.24) is 19.9 Å². The van der Waals surface area contributed by atoms with E-state index in [0.29, 0.717) is 18.1 Å². The van der Waals surface area contributed by atoms with Crippen LogP contribution in [0.3, 0.4) is 0 Å². The molecule has 1 saturated heterocycles. The van der Waals surface area contributed by atoms with E-state index in [-0.39, 0.29) is 18.6 Å². The number of pyridine rings is 2. The van der Waals surface area contributed by atoms with Crippen LogP contribution in [0, 0.1) is 0 Å². The Kier molecular flexibility index (Phi) is 6.48. The summed E-state index contributed by atoms with van der Waals surface area (Å²) in [7, 11) is 1.64. The fourth-order valence-corrected chi connectivity index (χ4v) is 4.64. The van der Waals surface area contributed by atoms with Crippen LogP contribution < -0.4 is 4.74 Å². The number of aliphatic hydroxyl groups excluding tert-OH is 1. The molecule has 4 aromatic rings. The normalized spacial score (nSPS) is 15.6. The zero-order valence-electron chi connectivity index (χ0n) is 19.8. The summed E-state index contributed by atoms with van der Waals surface area (Å²) in [5.41, 5.74) is 5.14. The number of fused-ring (bicyclic) bond motifs is 1. The molecular formula is C27H28N4O4. The zero-order chi connectivity index (χ0) is 24.4. The Morgan fingerprint density at radius 1 is 1.17 bits per heavy atom. The highest BCUT2D eigenvalue weighted by molar-refractivity contribution is 5.88. The number of hydrogen-bond acceptors (Lipinski definition) is 6. The molecule has 0 spiro atoms. The molecule has 180 valence electrons. The maximum Gasteiger partial charge on any atom is 0.219 e. The summed E-state index contributed by atoms with van der Waals surface area (Å²) in [4.78, 5) is 26.6. The second-order valence-electron chi connectivity index (χ2n) is 8.76. The number of aromatic nitrogens is 3. The van der Waals surface area contributed by atoms with E-state index >= 15 is 0 Å². The number of benzene rings is 1. The van der Waals surface area contributed by atoms with E-state index < -0.39 is 0 Å². The lowest BCUT2D eigenvalue weighted by molar-refractivity contribution is -0.129. The maximum atomic E-state index is 12.3. The summed E-state index contributed by atoms with van der Waals surface area (Å²) < 4.78 is 11.5. The molecular weight excluding hydrogens is 444 g/mol. The number of rotatable bonds is 7. The molecule has 2 N–H and O–H groups in total. The highest BCUT2D eigenvalue weighted by atomic mass is 16.5. The molecule has 1 aliphatic rings. The van der Waals surface area contributed by atoms with Crippen molar-refractivity contribution >= 4 is 16.8 Å². The Balaban J connectivity index is 1.56. The van der Waals surface area contributed by atoms with Crippen molar-refractivity contribution < 1.29 is 19.4 Å². The summed E-state index contributed by atoms with van der Waals surface area (Å²) in [6.07, 6.45) is 5.19. The summed E-state index contributed by atoms with van der Waals surface area (Å²) in [6, 6.07) is 13.6. The number of carbonyl (C=O) groups is 1. The number of ether oxygens (including phenoxy) is 2. The highest BCUT2D eigenvalue weighted by Gasteiger charge is 2.31. The third kappa shape index (κ3) is 4.76. The molecule has 4 heterocycles. The molecule has 0 radical (unpaired) electrons. The molecule has 1 atom stereocenters. The molecule has 1 amide bonds. The third-order valence-electron chi connectivity index (χ3n) is 6.37. The molecule has 35 heavy (non-hydrogen) atoms. The van der Waals surface area contributed by atoms with Crippen LogP contribution in [-0.2, 0) is 22.7 Å². The lowest BCUT2D eigenvalue weighted by atomic mass is 10.0. The van der Waals surface area contributed by atoms with Gasteiger partial charge in [-0.1, -0.05) is 6.07 Å². The maximum absolute atomic E-state index is 12.3. The number of H-pyrrole nitrogens is 1. The monoisotopic (exact) mass is 472 g/mol. The van der Waals surface area contributed by atoms with E-state index in [1.54, 1.807) is 26.4 Å². The Morgan fingerprint density at radius 2 is 2.06 bits per heavy atom. The Bertz CT molecular complexity index is 1330. The van der Waals surface area contributed by atoms with Gasteiger partial charge >= 0.3 is 0 Å². The van der Waals surface area contributed by atoms with Crippen LogP contribution >= 0.6 is 0 Å². The smallest absolute Gasteiger partial charge is 0.219 e. The Hall–Kier alpha value is -3.75. The van der Waals surface area contributed by atoms with Crippen LogP contribution in [-0.4, -0.2) is 44.5 Å². The molecule has 5 rings (SSSR count). The topological polar surface area (TPSA) is 101 Å². The third-order valence-corrected chi connectivity index (χ3v) is 6.37. The van der Waals surface area contributed by atoms with Crippen molar-refractivity contribution in [2.45, 2.75) is 39.0 Å². The average molecular weight is 473 g/mol. The van der Waals surface area contributed by atoms with E-state index in [9.17, 15) is 9.90 Å². The van der Waals surface area contributed by atoms with Gasteiger partial charge in [0.1, 0.15) is 11.5 Å². The standard InChI is InChI=1S/C27H28N4O4/c1-17(33)31-9-3-4-26(31)22-12-24-19(10-25(30-24)23-8-5-18(15-32)13-29-23)11-27(22)35-21-7-6-20(16-34-2)28-14-21/h5-8,10-14,26,30,32H,3-4,9,15-16H2,1-2H3/t26-/m1/s1. The molecule has 0 unspecified atom stereocenters. The van der Waals surface area contributed by atoms with Crippen molar-refractivity contribution in [2.24, 2.45) is 0 Å². The lowest BCUT2D eigenvalue weighted by Gasteiger charge is -2.25. The molecule has 1 aromatic carbocycles. The molecule has 8 heteroatoms. The minimum absolute atomic E-state index is 0.0423. The predicted molar refractivity (Wildman–Crippen MR) is 132 cm³/mol. The second-order valence-corrected chi connectivity index (χ2v) is 8.76. The van der Waals surface area contributed by atoms with Crippen LogP contribution in [0.2, 0.25) is 0 Å². The minimum Gasteiger partial charge on any atom is -0.455 e. The Labute approximate surface area is 203 Å². The minimum atomic E-state index is -0.0543. The van der Waals surface area contributed by atoms with E-state index in [4.69, 9.17) is 9.47 Å². The predicted octanol–water partition coefficient (Wildman–Crippen LogP) is 4.74. The van der Waals surface area contributed by atoms with Gasteiger partial charge in [-0.3, -0.25) is 14.8 Å². The van der Waals surface area contributed by atoms with Gasteiger partial charge in [-0.05, 0) is 54.8 Å². The van der Waals surface area contributed by atoms with Gasteiger partial charge in [0.2, 0.25) is 5.91 Å². The summed E-state index contributed by atoms with van der Waals surface area (Å²) in [5.74, 6) is 1.38. The van der Waals surface area contributed by atoms with E-state index in [1.165, 1.54) is 0 Å². The summed E-state index contributed by atoms with van der Waals surface area (Å²) in [6.45, 7) is 2.75. The number of amides is 1. The van der Waals surface area contributed by atoms with Crippen LogP contribution in [0.25, 0.3) is 22.3 Å². The SMILES string of the molecule is COCc1ccc(Oc2cc3cc(-c4ccc(CO)cn4)[nH]c3cc2[C@H]2CCCN2C(C)=O)cn1. The van der Waals surface area contributed by atoms with Crippen molar-refractivity contribution in [1.29, 1.82) is 0 Å². The fraction of sp³-hybridized carbons (Fsp3) is 0.296.